The molecular weight excluding hydrogens is 282 g/mol. The fourth-order valence-electron chi connectivity index (χ4n) is 2.27. The first-order valence-electron chi connectivity index (χ1n) is 6.90. The molecule has 0 aliphatic carbocycles. The lowest BCUT2D eigenvalue weighted by Gasteiger charge is -2.12. The van der Waals surface area contributed by atoms with E-state index in [2.05, 4.69) is 9.97 Å². The van der Waals surface area contributed by atoms with E-state index in [4.69, 9.17) is 4.74 Å². The molecule has 1 N–H and O–H groups in total. The van der Waals surface area contributed by atoms with Crippen LogP contribution in [-0.2, 0) is 0 Å². The number of nitrogens with zero attached hydrogens (tertiary/aromatic N) is 2. The minimum Gasteiger partial charge on any atom is -0.483 e. The van der Waals surface area contributed by atoms with Gasteiger partial charge in [0.2, 0.25) is 0 Å². The van der Waals surface area contributed by atoms with Crippen LogP contribution in [0.4, 0.5) is 5.69 Å². The molecule has 0 bridgehead atoms. The molecule has 3 rings (SSSR count). The zero-order valence-corrected chi connectivity index (χ0v) is 12.2. The largest absolute Gasteiger partial charge is 0.483 e. The molecule has 1 heterocycles. The molecule has 0 amide bonds. The smallest absolute Gasteiger partial charge is 0.271 e. The van der Waals surface area contributed by atoms with E-state index in [1.165, 1.54) is 12.1 Å². The standard InChI is InChI=1S/C16H15N3O3/c1-10-4-3-5-13(8-10)22-11(2)16-17-14-7-6-12(19(20)21)9-15(14)18-16/h3-9,11H,1-2H3,(H,17,18). The number of rotatable bonds is 4. The number of non-ortho nitro benzene ring substituents is 1. The number of aryl methyl sites for hydroxylation is 1. The summed E-state index contributed by atoms with van der Waals surface area (Å²) in [4.78, 5) is 17.9. The number of hydrogen-bond acceptors (Lipinski definition) is 4. The molecule has 1 unspecified atom stereocenters. The van der Waals surface area contributed by atoms with Gasteiger partial charge in [-0.15, -0.1) is 0 Å². The van der Waals surface area contributed by atoms with Gasteiger partial charge in [0.1, 0.15) is 11.6 Å². The van der Waals surface area contributed by atoms with Gasteiger partial charge in [-0.2, -0.15) is 0 Å². The van der Waals surface area contributed by atoms with Gasteiger partial charge in [-0.25, -0.2) is 4.98 Å². The summed E-state index contributed by atoms with van der Waals surface area (Å²) < 4.78 is 5.86. The number of nitro benzene ring substituents is 1. The van der Waals surface area contributed by atoms with Crippen molar-refractivity contribution in [2.45, 2.75) is 20.0 Å². The first-order valence-corrected chi connectivity index (χ1v) is 6.90. The Morgan fingerprint density at radius 3 is 2.82 bits per heavy atom. The number of fused-ring (bicyclic) bond motifs is 1. The second kappa shape index (κ2) is 5.48. The zero-order chi connectivity index (χ0) is 15.7. The molecular formula is C16H15N3O3. The molecule has 1 atom stereocenters. The fraction of sp³-hybridized carbons (Fsp3) is 0.188. The van der Waals surface area contributed by atoms with Crippen LogP contribution >= 0.6 is 0 Å². The van der Waals surface area contributed by atoms with Gasteiger partial charge in [0.15, 0.2) is 6.10 Å². The summed E-state index contributed by atoms with van der Waals surface area (Å²) in [5.41, 5.74) is 2.46. The van der Waals surface area contributed by atoms with Crippen molar-refractivity contribution in [2.24, 2.45) is 0 Å². The number of aromatic nitrogens is 2. The van der Waals surface area contributed by atoms with Gasteiger partial charge in [-0.1, -0.05) is 12.1 Å². The number of nitrogens with one attached hydrogen (secondary N) is 1. The van der Waals surface area contributed by atoms with E-state index < -0.39 is 4.92 Å². The monoisotopic (exact) mass is 297 g/mol. The van der Waals surface area contributed by atoms with E-state index in [0.717, 1.165) is 11.3 Å². The maximum Gasteiger partial charge on any atom is 0.271 e. The minimum absolute atomic E-state index is 0.0370. The topological polar surface area (TPSA) is 81.1 Å². The fourth-order valence-corrected chi connectivity index (χ4v) is 2.27. The van der Waals surface area contributed by atoms with Crippen LogP contribution in [0.5, 0.6) is 5.75 Å². The number of imidazole rings is 1. The number of hydrogen-bond donors (Lipinski definition) is 1. The Kier molecular flexibility index (Phi) is 3.50. The summed E-state index contributed by atoms with van der Waals surface area (Å²) >= 11 is 0. The second-order valence-corrected chi connectivity index (χ2v) is 5.16. The molecule has 112 valence electrons. The summed E-state index contributed by atoms with van der Waals surface area (Å²) in [7, 11) is 0. The molecule has 0 saturated carbocycles. The van der Waals surface area contributed by atoms with Crippen molar-refractivity contribution in [3.63, 3.8) is 0 Å². The lowest BCUT2D eigenvalue weighted by molar-refractivity contribution is -0.384. The van der Waals surface area contributed by atoms with Crippen LogP contribution in [0, 0.1) is 17.0 Å². The molecule has 0 spiro atoms. The molecule has 0 fully saturated rings. The van der Waals surface area contributed by atoms with Crippen LogP contribution in [0.15, 0.2) is 42.5 Å². The third-order valence-electron chi connectivity index (χ3n) is 3.38. The maximum absolute atomic E-state index is 10.8. The van der Waals surface area contributed by atoms with E-state index in [9.17, 15) is 10.1 Å². The van der Waals surface area contributed by atoms with Crippen molar-refractivity contribution in [2.75, 3.05) is 0 Å². The van der Waals surface area contributed by atoms with Crippen molar-refractivity contribution < 1.29 is 9.66 Å². The zero-order valence-electron chi connectivity index (χ0n) is 12.2. The highest BCUT2D eigenvalue weighted by atomic mass is 16.6. The predicted octanol–water partition coefficient (Wildman–Crippen LogP) is 3.92. The van der Waals surface area contributed by atoms with Crippen molar-refractivity contribution in [3.8, 4) is 5.75 Å². The first kappa shape index (κ1) is 14.1. The van der Waals surface area contributed by atoms with Crippen molar-refractivity contribution in [1.82, 2.24) is 9.97 Å². The van der Waals surface area contributed by atoms with Crippen LogP contribution in [0.1, 0.15) is 24.4 Å². The Hall–Kier alpha value is -2.89. The third-order valence-corrected chi connectivity index (χ3v) is 3.38. The van der Waals surface area contributed by atoms with Gasteiger partial charge >= 0.3 is 0 Å². The van der Waals surface area contributed by atoms with Crippen LogP contribution in [-0.4, -0.2) is 14.9 Å². The molecule has 3 aromatic rings. The highest BCUT2D eigenvalue weighted by Crippen LogP contribution is 2.24. The molecule has 0 aliphatic heterocycles. The minimum atomic E-state index is -0.424. The second-order valence-electron chi connectivity index (χ2n) is 5.16. The lowest BCUT2D eigenvalue weighted by Crippen LogP contribution is -2.05. The number of nitro groups is 1. The van der Waals surface area contributed by atoms with Crippen molar-refractivity contribution in [1.29, 1.82) is 0 Å². The summed E-state index contributed by atoms with van der Waals surface area (Å²) in [6.45, 7) is 3.88. The quantitative estimate of drug-likeness (QED) is 0.584. The molecule has 0 aliphatic rings. The summed E-state index contributed by atoms with van der Waals surface area (Å²) in [5, 5.41) is 10.8. The average molecular weight is 297 g/mol. The van der Waals surface area contributed by atoms with Crippen molar-refractivity contribution in [3.05, 3.63) is 64.0 Å². The van der Waals surface area contributed by atoms with E-state index in [0.29, 0.717) is 16.9 Å². The summed E-state index contributed by atoms with van der Waals surface area (Å²) in [5.74, 6) is 1.40. The molecule has 6 heteroatoms. The number of H-pyrrole nitrogens is 1. The normalized spacial score (nSPS) is 12.3. The highest BCUT2D eigenvalue weighted by molar-refractivity contribution is 5.77. The van der Waals surface area contributed by atoms with Gasteiger partial charge < -0.3 is 9.72 Å². The maximum atomic E-state index is 10.8. The number of benzene rings is 2. The highest BCUT2D eigenvalue weighted by Gasteiger charge is 2.15. The first-order chi connectivity index (χ1) is 10.5. The Labute approximate surface area is 126 Å². The van der Waals surface area contributed by atoms with Gasteiger partial charge in [-0.05, 0) is 37.6 Å². The number of ether oxygens (including phenoxy) is 1. The number of aromatic amines is 1. The molecule has 2 aromatic carbocycles. The third kappa shape index (κ3) is 2.76. The average Bonchev–Trinajstić information content (AvgIpc) is 2.90. The van der Waals surface area contributed by atoms with E-state index >= 15 is 0 Å². The molecule has 0 radical (unpaired) electrons. The van der Waals surface area contributed by atoms with Gasteiger partial charge in [-0.3, -0.25) is 10.1 Å². The van der Waals surface area contributed by atoms with E-state index in [1.807, 2.05) is 38.1 Å². The Balaban J connectivity index is 1.87. The van der Waals surface area contributed by atoms with E-state index in [1.54, 1.807) is 6.07 Å². The van der Waals surface area contributed by atoms with Gasteiger partial charge in [0, 0.05) is 12.1 Å². The van der Waals surface area contributed by atoms with Crippen molar-refractivity contribution >= 4 is 16.7 Å². The van der Waals surface area contributed by atoms with E-state index in [-0.39, 0.29) is 11.8 Å². The lowest BCUT2D eigenvalue weighted by atomic mass is 10.2. The van der Waals surface area contributed by atoms with Gasteiger partial charge in [0.25, 0.3) is 5.69 Å². The molecule has 1 aromatic heterocycles. The van der Waals surface area contributed by atoms with Crippen LogP contribution in [0.3, 0.4) is 0 Å². The van der Waals surface area contributed by atoms with Gasteiger partial charge in [0.05, 0.1) is 16.0 Å². The summed E-state index contributed by atoms with van der Waals surface area (Å²) in [6.07, 6.45) is -0.284. The Bertz CT molecular complexity index is 842. The van der Waals surface area contributed by atoms with Crippen LogP contribution < -0.4 is 4.74 Å². The Morgan fingerprint density at radius 1 is 1.27 bits per heavy atom. The SMILES string of the molecule is Cc1cccc(OC(C)c2nc3ccc([N+](=O)[O-])cc3[nH]2)c1. The molecule has 0 saturated heterocycles. The molecule has 6 nitrogen and oxygen atoms in total. The molecule has 22 heavy (non-hydrogen) atoms. The van der Waals surface area contributed by atoms with Crippen LogP contribution in [0.25, 0.3) is 11.0 Å². The predicted molar refractivity (Wildman–Crippen MR) is 83.0 cm³/mol. The Morgan fingerprint density at radius 2 is 2.09 bits per heavy atom. The van der Waals surface area contributed by atoms with Crippen LogP contribution in [0.2, 0.25) is 0 Å². The summed E-state index contributed by atoms with van der Waals surface area (Å²) in [6, 6.07) is 12.3.